The first kappa shape index (κ1) is 10.6. The minimum absolute atomic E-state index is 0.499. The Balaban J connectivity index is 2.36. The van der Waals surface area contributed by atoms with Gasteiger partial charge in [-0.05, 0) is 12.5 Å². The second-order valence-electron chi connectivity index (χ2n) is 4.46. The fourth-order valence-corrected chi connectivity index (χ4v) is 2.19. The zero-order valence-corrected chi connectivity index (χ0v) is 9.82. The predicted octanol–water partition coefficient (Wildman–Crippen LogP) is 1.98. The molecule has 0 amide bonds. The van der Waals surface area contributed by atoms with E-state index in [0.717, 1.165) is 26.1 Å². The molecule has 0 bridgehead atoms. The fourth-order valence-electron chi connectivity index (χ4n) is 2.19. The third kappa shape index (κ3) is 2.02. The van der Waals surface area contributed by atoms with Crippen LogP contribution in [0.3, 0.4) is 0 Å². The molecule has 1 aliphatic heterocycles. The highest BCUT2D eigenvalue weighted by molar-refractivity contribution is 5.28. The van der Waals surface area contributed by atoms with Crippen molar-refractivity contribution in [3.05, 3.63) is 23.3 Å². The molecule has 0 radical (unpaired) electrons. The van der Waals surface area contributed by atoms with Gasteiger partial charge in [-0.25, -0.2) is 9.97 Å². The first-order valence-corrected chi connectivity index (χ1v) is 5.77. The first-order chi connectivity index (χ1) is 7.22. The number of rotatable bonds is 2. The molecule has 15 heavy (non-hydrogen) atoms. The van der Waals surface area contributed by atoms with Crippen LogP contribution in [0, 0.1) is 0 Å². The first-order valence-electron chi connectivity index (χ1n) is 5.77. The summed E-state index contributed by atoms with van der Waals surface area (Å²) in [5.74, 6) is 0.499. The number of hydrogen-bond acceptors (Lipinski definition) is 3. The summed E-state index contributed by atoms with van der Waals surface area (Å²) in [6.45, 7) is 9.90. The monoisotopic (exact) mass is 205 g/mol. The highest BCUT2D eigenvalue weighted by Crippen LogP contribution is 2.24. The van der Waals surface area contributed by atoms with Gasteiger partial charge in [-0.2, -0.15) is 0 Å². The van der Waals surface area contributed by atoms with Gasteiger partial charge in [0.1, 0.15) is 6.33 Å². The summed E-state index contributed by atoms with van der Waals surface area (Å²) in [4.78, 5) is 11.3. The minimum Gasteiger partial charge on any atom is -0.299 e. The minimum atomic E-state index is 0.499. The Kier molecular flexibility index (Phi) is 3.00. The molecule has 3 heteroatoms. The van der Waals surface area contributed by atoms with Crippen LogP contribution in [0.1, 0.15) is 43.6 Å². The van der Waals surface area contributed by atoms with Crippen LogP contribution in [0.15, 0.2) is 6.33 Å². The molecule has 1 aliphatic rings. The van der Waals surface area contributed by atoms with E-state index in [2.05, 4.69) is 35.6 Å². The molecule has 0 N–H and O–H groups in total. The number of aromatic nitrogens is 2. The normalized spacial score (nSPS) is 16.8. The maximum atomic E-state index is 4.42. The third-order valence-corrected chi connectivity index (χ3v) is 3.11. The second kappa shape index (κ2) is 4.27. The lowest BCUT2D eigenvalue weighted by molar-refractivity contribution is 0.263. The summed E-state index contributed by atoms with van der Waals surface area (Å²) >= 11 is 0. The predicted molar refractivity (Wildman–Crippen MR) is 60.8 cm³/mol. The zero-order chi connectivity index (χ0) is 10.8. The Labute approximate surface area is 91.5 Å². The van der Waals surface area contributed by atoms with Crippen LogP contribution in [0.2, 0.25) is 0 Å². The van der Waals surface area contributed by atoms with E-state index in [9.17, 15) is 0 Å². The summed E-state index contributed by atoms with van der Waals surface area (Å²) in [5, 5.41) is 0. The molecule has 3 nitrogen and oxygen atoms in total. The maximum absolute atomic E-state index is 4.42. The van der Waals surface area contributed by atoms with Crippen molar-refractivity contribution in [3.8, 4) is 0 Å². The lowest BCUT2D eigenvalue weighted by Gasteiger charge is -2.28. The van der Waals surface area contributed by atoms with Gasteiger partial charge < -0.3 is 0 Å². The average molecular weight is 205 g/mol. The van der Waals surface area contributed by atoms with Gasteiger partial charge >= 0.3 is 0 Å². The Hall–Kier alpha value is -0.960. The van der Waals surface area contributed by atoms with E-state index in [1.165, 1.54) is 17.0 Å². The number of likely N-dealkylation sites (N-methyl/N-ethyl adjacent to an activating group) is 1. The van der Waals surface area contributed by atoms with Crippen molar-refractivity contribution in [2.24, 2.45) is 0 Å². The standard InChI is InChI=1S/C12H19N3/c1-4-15-6-5-11-10(7-15)12(9(2)3)14-8-13-11/h8-9H,4-7H2,1-3H3. The molecule has 0 aliphatic carbocycles. The van der Waals surface area contributed by atoms with E-state index < -0.39 is 0 Å². The Morgan fingerprint density at radius 1 is 1.40 bits per heavy atom. The van der Waals surface area contributed by atoms with Gasteiger partial charge in [0.25, 0.3) is 0 Å². The SMILES string of the molecule is CCN1CCc2ncnc(C(C)C)c2C1. The molecule has 2 rings (SSSR count). The molecule has 82 valence electrons. The smallest absolute Gasteiger partial charge is 0.115 e. The lowest BCUT2D eigenvalue weighted by atomic mass is 9.98. The van der Waals surface area contributed by atoms with Crippen LogP contribution in [-0.2, 0) is 13.0 Å². The van der Waals surface area contributed by atoms with Crippen LogP contribution in [0.5, 0.6) is 0 Å². The topological polar surface area (TPSA) is 29.0 Å². The van der Waals surface area contributed by atoms with E-state index in [4.69, 9.17) is 0 Å². The van der Waals surface area contributed by atoms with Crippen LogP contribution in [0.4, 0.5) is 0 Å². The van der Waals surface area contributed by atoms with E-state index >= 15 is 0 Å². The molecule has 0 atom stereocenters. The van der Waals surface area contributed by atoms with Gasteiger partial charge in [0.15, 0.2) is 0 Å². The zero-order valence-electron chi connectivity index (χ0n) is 9.82. The second-order valence-corrected chi connectivity index (χ2v) is 4.46. The summed E-state index contributed by atoms with van der Waals surface area (Å²) < 4.78 is 0. The highest BCUT2D eigenvalue weighted by atomic mass is 15.1. The molecule has 0 spiro atoms. The molecule has 0 saturated carbocycles. The summed E-state index contributed by atoms with van der Waals surface area (Å²) in [6.07, 6.45) is 2.79. The van der Waals surface area contributed by atoms with E-state index in [-0.39, 0.29) is 0 Å². The number of hydrogen-bond donors (Lipinski definition) is 0. The highest BCUT2D eigenvalue weighted by Gasteiger charge is 2.20. The van der Waals surface area contributed by atoms with Gasteiger partial charge in [-0.3, -0.25) is 4.90 Å². The Morgan fingerprint density at radius 2 is 2.20 bits per heavy atom. The summed E-state index contributed by atoms with van der Waals surface area (Å²) in [5.41, 5.74) is 3.87. The summed E-state index contributed by atoms with van der Waals surface area (Å²) in [6, 6.07) is 0. The van der Waals surface area contributed by atoms with Crippen molar-refractivity contribution in [2.75, 3.05) is 13.1 Å². The van der Waals surface area contributed by atoms with Gasteiger partial charge in [-0.1, -0.05) is 20.8 Å². The van der Waals surface area contributed by atoms with Crippen molar-refractivity contribution < 1.29 is 0 Å². The third-order valence-electron chi connectivity index (χ3n) is 3.11. The van der Waals surface area contributed by atoms with Crippen molar-refractivity contribution in [1.29, 1.82) is 0 Å². The van der Waals surface area contributed by atoms with E-state index in [1.54, 1.807) is 6.33 Å². The molecule has 1 aromatic heterocycles. The Bertz CT molecular complexity index is 347. The van der Waals surface area contributed by atoms with Crippen LogP contribution < -0.4 is 0 Å². The van der Waals surface area contributed by atoms with E-state index in [1.807, 2.05) is 0 Å². The molecule has 0 aromatic carbocycles. The molecule has 1 aromatic rings. The van der Waals surface area contributed by atoms with E-state index in [0.29, 0.717) is 5.92 Å². The van der Waals surface area contributed by atoms with Gasteiger partial charge in [0.2, 0.25) is 0 Å². The molecule has 2 heterocycles. The van der Waals surface area contributed by atoms with Gasteiger partial charge in [0.05, 0.1) is 5.69 Å². The average Bonchev–Trinajstić information content (AvgIpc) is 2.27. The van der Waals surface area contributed by atoms with Crippen LogP contribution in [-0.4, -0.2) is 28.0 Å². The molecule has 0 unspecified atom stereocenters. The number of fused-ring (bicyclic) bond motifs is 1. The van der Waals surface area contributed by atoms with Gasteiger partial charge in [0, 0.05) is 30.8 Å². The molecular formula is C12H19N3. The largest absolute Gasteiger partial charge is 0.299 e. The molecule has 0 fully saturated rings. The van der Waals surface area contributed by atoms with Crippen LogP contribution >= 0.6 is 0 Å². The van der Waals surface area contributed by atoms with Crippen LogP contribution in [0.25, 0.3) is 0 Å². The fraction of sp³-hybridized carbons (Fsp3) is 0.667. The Morgan fingerprint density at radius 3 is 2.87 bits per heavy atom. The molecular weight excluding hydrogens is 186 g/mol. The number of nitrogens with zero attached hydrogens (tertiary/aromatic N) is 3. The maximum Gasteiger partial charge on any atom is 0.115 e. The van der Waals surface area contributed by atoms with Crippen molar-refractivity contribution in [1.82, 2.24) is 14.9 Å². The summed E-state index contributed by atoms with van der Waals surface area (Å²) in [7, 11) is 0. The van der Waals surface area contributed by atoms with Crippen molar-refractivity contribution >= 4 is 0 Å². The van der Waals surface area contributed by atoms with Crippen molar-refractivity contribution in [3.63, 3.8) is 0 Å². The van der Waals surface area contributed by atoms with Crippen molar-refractivity contribution in [2.45, 2.75) is 39.7 Å². The lowest BCUT2D eigenvalue weighted by Crippen LogP contribution is -2.32. The van der Waals surface area contributed by atoms with Gasteiger partial charge in [-0.15, -0.1) is 0 Å². The molecule has 0 saturated heterocycles. The quantitative estimate of drug-likeness (QED) is 0.739.